The number of hydrogen-bond acceptors (Lipinski definition) is 4. The highest BCUT2D eigenvalue weighted by Crippen LogP contribution is 2.29. The molecule has 0 radical (unpaired) electrons. The second-order valence-corrected chi connectivity index (χ2v) is 9.32. The zero-order valence-electron chi connectivity index (χ0n) is 22.2. The summed E-state index contributed by atoms with van der Waals surface area (Å²) in [6, 6.07) is 12.8. The molecule has 194 valence electrons. The van der Waals surface area contributed by atoms with Crippen LogP contribution in [0.2, 0.25) is 0 Å². The van der Waals surface area contributed by atoms with Gasteiger partial charge in [0.1, 0.15) is 6.54 Å². The average Bonchev–Trinajstić information content (AvgIpc) is 3.04. The van der Waals surface area contributed by atoms with Crippen molar-refractivity contribution < 1.29 is 14.4 Å². The Morgan fingerprint density at radius 3 is 2.49 bits per heavy atom. The summed E-state index contributed by atoms with van der Waals surface area (Å²) in [7, 11) is 1.79. The Balaban J connectivity index is 1.85. The first kappa shape index (κ1) is 27.6. The summed E-state index contributed by atoms with van der Waals surface area (Å²) >= 11 is 0. The third-order valence-electron chi connectivity index (χ3n) is 6.48. The molecule has 0 saturated carbocycles. The van der Waals surface area contributed by atoms with Gasteiger partial charge in [0, 0.05) is 44.0 Å². The second-order valence-electron chi connectivity index (χ2n) is 9.32. The fourth-order valence-corrected chi connectivity index (χ4v) is 4.21. The van der Waals surface area contributed by atoms with Gasteiger partial charge in [-0.3, -0.25) is 14.4 Å². The lowest BCUT2D eigenvalue weighted by atomic mass is 10.1. The summed E-state index contributed by atoms with van der Waals surface area (Å²) in [5, 5.41) is 7.67. The van der Waals surface area contributed by atoms with Gasteiger partial charge in [-0.1, -0.05) is 55.0 Å². The highest BCUT2D eigenvalue weighted by atomic mass is 16.2. The summed E-state index contributed by atoms with van der Waals surface area (Å²) in [4.78, 5) is 44.0. The molecular formula is C30H36N4O3. The highest BCUT2D eigenvalue weighted by Gasteiger charge is 2.29. The molecule has 0 saturated heterocycles. The maximum Gasteiger partial charge on any atom is 0.253 e. The van der Waals surface area contributed by atoms with Gasteiger partial charge in [-0.15, -0.1) is 0 Å². The summed E-state index contributed by atoms with van der Waals surface area (Å²) in [6.45, 7) is 7.23. The molecule has 0 bridgehead atoms. The van der Waals surface area contributed by atoms with Crippen LogP contribution in [0, 0.1) is 5.41 Å². The highest BCUT2D eigenvalue weighted by molar-refractivity contribution is 5.99. The molecule has 7 heteroatoms. The molecule has 1 aliphatic heterocycles. The van der Waals surface area contributed by atoms with Crippen molar-refractivity contribution in [3.8, 4) is 0 Å². The SMILES string of the molecule is C/C=C(C)\C=C/CC(=O)N1CC(=O)N(Cc2ccc(C(=O)N(C)CCC)cc2)c2cc(C=N)ccc2C1. The van der Waals surface area contributed by atoms with Crippen LogP contribution in [0.15, 0.2) is 66.3 Å². The maximum atomic E-state index is 13.4. The maximum absolute atomic E-state index is 13.4. The first-order chi connectivity index (χ1) is 17.8. The van der Waals surface area contributed by atoms with Crippen molar-refractivity contribution in [1.82, 2.24) is 9.80 Å². The molecule has 0 spiro atoms. The Bertz CT molecular complexity index is 1210. The standard InChI is InChI=1S/C30H36N4O3/c1-5-16-32(4)30(37)25-13-10-23(11-14-25)19-34-27-17-24(18-31)12-15-26(27)20-33(21-29(34)36)28(35)9-7-8-22(3)6-2/h6-8,10-15,17-18,31H,5,9,16,19-21H2,1-4H3/b8-7-,22-6-,31-18?. The normalized spacial score (nSPS) is 13.9. The second kappa shape index (κ2) is 12.8. The van der Waals surface area contributed by atoms with Crippen molar-refractivity contribution in [3.05, 3.63) is 88.5 Å². The van der Waals surface area contributed by atoms with Crippen molar-refractivity contribution in [1.29, 1.82) is 5.41 Å². The predicted molar refractivity (Wildman–Crippen MR) is 148 cm³/mol. The number of nitrogens with one attached hydrogen (secondary N) is 1. The molecule has 1 N–H and O–H groups in total. The molecule has 0 aromatic heterocycles. The lowest BCUT2D eigenvalue weighted by molar-refractivity contribution is -0.134. The Hall–Kier alpha value is -4.00. The van der Waals surface area contributed by atoms with E-state index in [1.807, 2.05) is 69.3 Å². The number of fused-ring (bicyclic) bond motifs is 1. The molecule has 0 unspecified atom stereocenters. The number of benzene rings is 2. The molecular weight excluding hydrogens is 464 g/mol. The van der Waals surface area contributed by atoms with Crippen molar-refractivity contribution in [2.45, 2.75) is 46.7 Å². The third-order valence-corrected chi connectivity index (χ3v) is 6.48. The van der Waals surface area contributed by atoms with Gasteiger partial charge in [-0.2, -0.15) is 0 Å². The molecule has 0 fully saturated rings. The number of amides is 3. The van der Waals surface area contributed by atoms with Crippen LogP contribution in [-0.2, 0) is 22.7 Å². The van der Waals surface area contributed by atoms with Crippen LogP contribution in [0.3, 0.4) is 0 Å². The van der Waals surface area contributed by atoms with E-state index in [4.69, 9.17) is 5.41 Å². The molecule has 0 atom stereocenters. The van der Waals surface area contributed by atoms with Crippen LogP contribution in [-0.4, -0.2) is 53.9 Å². The van der Waals surface area contributed by atoms with E-state index in [-0.39, 0.29) is 30.7 Å². The average molecular weight is 501 g/mol. The van der Waals surface area contributed by atoms with Crippen LogP contribution in [0.5, 0.6) is 0 Å². The van der Waals surface area contributed by atoms with E-state index in [2.05, 4.69) is 0 Å². The minimum absolute atomic E-state index is 0.0255. The predicted octanol–water partition coefficient (Wildman–Crippen LogP) is 4.95. The van der Waals surface area contributed by atoms with Gasteiger partial charge in [0.2, 0.25) is 11.8 Å². The Morgan fingerprint density at radius 2 is 1.84 bits per heavy atom. The van der Waals surface area contributed by atoms with E-state index in [9.17, 15) is 14.4 Å². The smallest absolute Gasteiger partial charge is 0.253 e. The topological polar surface area (TPSA) is 84.8 Å². The van der Waals surface area contributed by atoms with Gasteiger partial charge in [0.25, 0.3) is 5.91 Å². The van der Waals surface area contributed by atoms with Crippen molar-refractivity contribution in [3.63, 3.8) is 0 Å². The number of allylic oxidation sites excluding steroid dienone is 3. The summed E-state index contributed by atoms with van der Waals surface area (Å²) in [5.41, 5.74) is 4.78. The van der Waals surface area contributed by atoms with Gasteiger partial charge in [0.05, 0.1) is 6.54 Å². The van der Waals surface area contributed by atoms with Crippen molar-refractivity contribution >= 4 is 29.6 Å². The Morgan fingerprint density at radius 1 is 1.11 bits per heavy atom. The zero-order valence-corrected chi connectivity index (χ0v) is 22.2. The number of nitrogens with zero attached hydrogens (tertiary/aromatic N) is 3. The number of carbonyl (C=O) groups is 3. The van der Waals surface area contributed by atoms with Crippen LogP contribution in [0.1, 0.15) is 60.7 Å². The van der Waals surface area contributed by atoms with Crippen LogP contribution < -0.4 is 4.90 Å². The summed E-state index contributed by atoms with van der Waals surface area (Å²) in [6.07, 6.45) is 8.05. The monoisotopic (exact) mass is 500 g/mol. The number of carbonyl (C=O) groups excluding carboxylic acids is 3. The van der Waals surface area contributed by atoms with Crippen molar-refractivity contribution in [2.75, 3.05) is 25.0 Å². The van der Waals surface area contributed by atoms with Crippen molar-refractivity contribution in [2.24, 2.45) is 0 Å². The molecule has 0 aliphatic carbocycles. The molecule has 37 heavy (non-hydrogen) atoms. The largest absolute Gasteiger partial charge is 0.342 e. The first-order valence-electron chi connectivity index (χ1n) is 12.6. The molecule has 1 heterocycles. The molecule has 3 rings (SSSR count). The summed E-state index contributed by atoms with van der Waals surface area (Å²) in [5.74, 6) is -0.338. The minimum atomic E-state index is -0.189. The van der Waals surface area contributed by atoms with Crippen LogP contribution in [0.4, 0.5) is 5.69 Å². The van der Waals surface area contributed by atoms with E-state index in [0.29, 0.717) is 36.4 Å². The van der Waals surface area contributed by atoms with Gasteiger partial charge in [0.15, 0.2) is 0 Å². The number of rotatable bonds is 9. The molecule has 1 aliphatic rings. The minimum Gasteiger partial charge on any atom is -0.342 e. The van der Waals surface area contributed by atoms with E-state index in [1.165, 1.54) is 6.21 Å². The number of hydrogen-bond donors (Lipinski definition) is 1. The molecule has 2 aromatic carbocycles. The van der Waals surface area contributed by atoms with Gasteiger partial charge in [-0.05, 0) is 55.2 Å². The zero-order chi connectivity index (χ0) is 26.9. The fourth-order valence-electron chi connectivity index (χ4n) is 4.21. The fraction of sp³-hybridized carbons (Fsp3) is 0.333. The molecule has 2 aromatic rings. The van der Waals surface area contributed by atoms with E-state index in [0.717, 1.165) is 23.1 Å². The van der Waals surface area contributed by atoms with Gasteiger partial charge >= 0.3 is 0 Å². The lowest BCUT2D eigenvalue weighted by Gasteiger charge is -2.24. The van der Waals surface area contributed by atoms with E-state index in [1.54, 1.807) is 33.9 Å². The van der Waals surface area contributed by atoms with Gasteiger partial charge < -0.3 is 20.1 Å². The van der Waals surface area contributed by atoms with Crippen LogP contribution >= 0.6 is 0 Å². The van der Waals surface area contributed by atoms with E-state index < -0.39 is 0 Å². The first-order valence-corrected chi connectivity index (χ1v) is 12.6. The number of anilines is 1. The lowest BCUT2D eigenvalue weighted by Crippen LogP contribution is -2.39. The molecule has 3 amide bonds. The van der Waals surface area contributed by atoms with E-state index >= 15 is 0 Å². The quantitative estimate of drug-likeness (QED) is 0.390. The van der Waals surface area contributed by atoms with Gasteiger partial charge in [-0.25, -0.2) is 0 Å². The molecule has 7 nitrogen and oxygen atoms in total. The Labute approximate surface area is 219 Å². The van der Waals surface area contributed by atoms with Crippen LogP contribution in [0.25, 0.3) is 0 Å². The Kier molecular flexibility index (Phi) is 9.55. The third kappa shape index (κ3) is 7.03. The summed E-state index contributed by atoms with van der Waals surface area (Å²) < 4.78 is 0.